The second-order valence-corrected chi connectivity index (χ2v) is 12.2. The number of para-hydroxylation sites is 1. The number of fused-ring (bicyclic) bond motifs is 2. The maximum atomic E-state index is 13.8. The number of aromatic nitrogens is 2. The summed E-state index contributed by atoms with van der Waals surface area (Å²) < 4.78 is 68.9. The third-order valence-electron chi connectivity index (χ3n) is 7.21. The van der Waals surface area contributed by atoms with Crippen LogP contribution in [0.3, 0.4) is 0 Å². The molecule has 3 aromatic carbocycles. The number of ether oxygens (including phenoxy) is 3. The summed E-state index contributed by atoms with van der Waals surface area (Å²) in [7, 11) is -3.30. The van der Waals surface area contributed by atoms with Crippen molar-refractivity contribution in [3.8, 4) is 11.5 Å². The molecule has 41 heavy (non-hydrogen) atoms. The van der Waals surface area contributed by atoms with E-state index in [9.17, 15) is 22.0 Å². The third-order valence-corrected chi connectivity index (χ3v) is 8.96. The van der Waals surface area contributed by atoms with Gasteiger partial charge in [-0.25, -0.2) is 13.4 Å². The van der Waals surface area contributed by atoms with Gasteiger partial charge in [0.1, 0.15) is 11.9 Å². The van der Waals surface area contributed by atoms with Gasteiger partial charge in [-0.05, 0) is 54.8 Å². The summed E-state index contributed by atoms with van der Waals surface area (Å²) >= 11 is 0. The highest BCUT2D eigenvalue weighted by Gasteiger charge is 2.44. The zero-order valence-corrected chi connectivity index (χ0v) is 22.9. The molecule has 1 fully saturated rings. The standard InChI is InChI=1S/C29H27F2N3O6S/c1-2-41(36,37)21-11-8-18(9-12-21)16-32-28(35)19-10-13-23-22(15-19)33-27(25-7-4-14-38-25)34(23)17-20-5-3-6-24-26(20)40-29(30,31)39-24/h3,5-6,8-13,15,25H,2,4,7,14,16-17H2,1H3,(H,32,35)/t25-/m1/s1. The molecule has 0 unspecified atom stereocenters. The number of carbonyl (C=O) groups excluding carboxylic acids is 1. The van der Waals surface area contributed by atoms with Crippen molar-refractivity contribution < 1.29 is 36.2 Å². The van der Waals surface area contributed by atoms with E-state index in [1.807, 2.05) is 4.57 Å². The minimum absolute atomic E-state index is 0.0155. The predicted octanol–water partition coefficient (Wildman–Crippen LogP) is 4.98. The molecule has 12 heteroatoms. The van der Waals surface area contributed by atoms with E-state index < -0.39 is 16.1 Å². The number of sulfone groups is 1. The maximum Gasteiger partial charge on any atom is 0.586 e. The second kappa shape index (κ2) is 10.4. The van der Waals surface area contributed by atoms with E-state index in [2.05, 4.69) is 10.1 Å². The summed E-state index contributed by atoms with van der Waals surface area (Å²) in [6, 6.07) is 16.3. The Hall–Kier alpha value is -4.03. The highest BCUT2D eigenvalue weighted by Crippen LogP contribution is 2.44. The number of halogens is 2. The van der Waals surface area contributed by atoms with Crippen LogP contribution in [0, 0.1) is 0 Å². The van der Waals surface area contributed by atoms with Crippen LogP contribution in [-0.2, 0) is 27.7 Å². The molecular weight excluding hydrogens is 556 g/mol. The van der Waals surface area contributed by atoms with Crippen molar-refractivity contribution in [2.24, 2.45) is 0 Å². The first kappa shape index (κ1) is 27.2. The molecule has 4 aromatic rings. The summed E-state index contributed by atoms with van der Waals surface area (Å²) in [5, 5.41) is 2.86. The molecule has 1 aromatic heterocycles. The molecule has 0 saturated carbocycles. The van der Waals surface area contributed by atoms with Crippen LogP contribution >= 0.6 is 0 Å². The van der Waals surface area contributed by atoms with Gasteiger partial charge in [0.15, 0.2) is 21.3 Å². The summed E-state index contributed by atoms with van der Waals surface area (Å²) in [6.07, 6.45) is -2.37. The highest BCUT2D eigenvalue weighted by molar-refractivity contribution is 7.91. The Morgan fingerprint density at radius 2 is 1.93 bits per heavy atom. The molecule has 0 radical (unpaired) electrons. The predicted molar refractivity (Wildman–Crippen MR) is 145 cm³/mol. The quantitative estimate of drug-likeness (QED) is 0.312. The van der Waals surface area contributed by atoms with Gasteiger partial charge in [-0.15, -0.1) is 8.78 Å². The average molecular weight is 584 g/mol. The van der Waals surface area contributed by atoms with E-state index in [0.717, 1.165) is 18.4 Å². The van der Waals surface area contributed by atoms with Gasteiger partial charge in [-0.2, -0.15) is 0 Å². The number of amides is 1. The van der Waals surface area contributed by atoms with Crippen molar-refractivity contribution in [2.75, 3.05) is 12.4 Å². The van der Waals surface area contributed by atoms with Crippen LogP contribution in [0.25, 0.3) is 11.0 Å². The van der Waals surface area contributed by atoms with Gasteiger partial charge >= 0.3 is 6.29 Å². The summed E-state index contributed by atoms with van der Waals surface area (Å²) in [6.45, 7) is 2.58. The first-order chi connectivity index (χ1) is 19.6. The number of alkyl halides is 2. The van der Waals surface area contributed by atoms with Crippen molar-refractivity contribution in [2.45, 2.75) is 50.1 Å². The maximum absolute atomic E-state index is 13.8. The largest absolute Gasteiger partial charge is 0.586 e. The van der Waals surface area contributed by atoms with Crippen molar-refractivity contribution in [3.63, 3.8) is 0 Å². The molecule has 0 aliphatic carbocycles. The normalized spacial score (nSPS) is 17.7. The van der Waals surface area contributed by atoms with Gasteiger partial charge in [-0.1, -0.05) is 31.2 Å². The van der Waals surface area contributed by atoms with Gasteiger partial charge < -0.3 is 24.1 Å². The molecule has 1 saturated heterocycles. The number of hydrogen-bond donors (Lipinski definition) is 1. The topological polar surface area (TPSA) is 109 Å². The molecule has 9 nitrogen and oxygen atoms in total. The molecule has 2 aliphatic heterocycles. The fourth-order valence-electron chi connectivity index (χ4n) is 5.07. The van der Waals surface area contributed by atoms with Crippen molar-refractivity contribution >= 4 is 26.8 Å². The molecule has 1 N–H and O–H groups in total. The smallest absolute Gasteiger partial charge is 0.395 e. The fraction of sp³-hybridized carbons (Fsp3) is 0.310. The van der Waals surface area contributed by atoms with Crippen molar-refractivity contribution in [1.29, 1.82) is 0 Å². The number of benzene rings is 3. The van der Waals surface area contributed by atoms with E-state index in [0.29, 0.717) is 34.6 Å². The third kappa shape index (κ3) is 5.36. The number of imidazole rings is 1. The monoisotopic (exact) mass is 583 g/mol. The van der Waals surface area contributed by atoms with Gasteiger partial charge in [0, 0.05) is 24.3 Å². The number of nitrogens with one attached hydrogen (secondary N) is 1. The Labute approximate surface area is 235 Å². The van der Waals surface area contributed by atoms with Crippen LogP contribution in [0.1, 0.15) is 53.2 Å². The minimum atomic E-state index is -3.73. The van der Waals surface area contributed by atoms with Gasteiger partial charge in [0.05, 0.1) is 28.2 Å². The lowest BCUT2D eigenvalue weighted by Crippen LogP contribution is -2.26. The first-order valence-electron chi connectivity index (χ1n) is 13.2. The minimum Gasteiger partial charge on any atom is -0.395 e. The zero-order valence-electron chi connectivity index (χ0n) is 22.1. The molecule has 0 bridgehead atoms. The van der Waals surface area contributed by atoms with Crippen LogP contribution in [0.15, 0.2) is 65.6 Å². The zero-order chi connectivity index (χ0) is 28.8. The Balaban J connectivity index is 1.26. The summed E-state index contributed by atoms with van der Waals surface area (Å²) in [5.74, 6) is 0.284. The lowest BCUT2D eigenvalue weighted by Gasteiger charge is -2.15. The number of hydrogen-bond acceptors (Lipinski definition) is 7. The van der Waals surface area contributed by atoms with E-state index in [1.165, 1.54) is 18.2 Å². The molecule has 1 atom stereocenters. The van der Waals surface area contributed by atoms with E-state index >= 15 is 0 Å². The number of rotatable bonds is 8. The SMILES string of the molecule is CCS(=O)(=O)c1ccc(CNC(=O)c2ccc3c(c2)nc([C@H]2CCCO2)n3Cc2cccc3c2OC(F)(F)O3)cc1. The van der Waals surface area contributed by atoms with Crippen molar-refractivity contribution in [3.05, 3.63) is 83.2 Å². The molecule has 2 aliphatic rings. The average Bonchev–Trinajstić information content (AvgIpc) is 3.69. The Morgan fingerprint density at radius 3 is 2.66 bits per heavy atom. The van der Waals surface area contributed by atoms with Crippen molar-refractivity contribution in [1.82, 2.24) is 14.9 Å². The highest BCUT2D eigenvalue weighted by atomic mass is 32.2. The van der Waals surface area contributed by atoms with E-state index in [4.69, 9.17) is 14.5 Å². The molecule has 214 valence electrons. The number of nitrogens with zero attached hydrogens (tertiary/aromatic N) is 2. The van der Waals surface area contributed by atoms with E-state index in [-0.39, 0.29) is 47.2 Å². The lowest BCUT2D eigenvalue weighted by atomic mass is 10.1. The van der Waals surface area contributed by atoms with Crippen LogP contribution in [0.4, 0.5) is 8.78 Å². The molecule has 1 amide bonds. The fourth-order valence-corrected chi connectivity index (χ4v) is 5.95. The Bertz CT molecular complexity index is 1730. The summed E-state index contributed by atoms with van der Waals surface area (Å²) in [5.41, 5.74) is 2.92. The summed E-state index contributed by atoms with van der Waals surface area (Å²) in [4.78, 5) is 18.0. The van der Waals surface area contributed by atoms with Crippen LogP contribution in [0.2, 0.25) is 0 Å². The number of carbonyl (C=O) groups is 1. The second-order valence-electron chi connectivity index (χ2n) is 9.90. The molecule has 3 heterocycles. The first-order valence-corrected chi connectivity index (χ1v) is 14.9. The lowest BCUT2D eigenvalue weighted by molar-refractivity contribution is -0.286. The van der Waals surface area contributed by atoms with E-state index in [1.54, 1.807) is 49.4 Å². The van der Waals surface area contributed by atoms with Crippen LogP contribution in [-0.4, -0.2) is 42.5 Å². The Kier molecular flexibility index (Phi) is 6.90. The Morgan fingerprint density at radius 1 is 1.12 bits per heavy atom. The van der Waals surface area contributed by atoms with Crippen LogP contribution < -0.4 is 14.8 Å². The van der Waals surface area contributed by atoms with Gasteiger partial charge in [0.2, 0.25) is 0 Å². The molecule has 0 spiro atoms. The molecular formula is C29H27F2N3O6S. The molecule has 6 rings (SSSR count). The van der Waals surface area contributed by atoms with Gasteiger partial charge in [0.25, 0.3) is 5.91 Å². The van der Waals surface area contributed by atoms with Gasteiger partial charge in [-0.3, -0.25) is 4.79 Å². The van der Waals surface area contributed by atoms with Crippen LogP contribution in [0.5, 0.6) is 11.5 Å².